The predicted molar refractivity (Wildman–Crippen MR) is 38.0 cm³/mol. The summed E-state index contributed by atoms with van der Waals surface area (Å²) in [5, 5.41) is 2.16. The Morgan fingerprint density at radius 3 is 2.58 bits per heavy atom. The number of aryl methyl sites for hydroxylation is 1. The Hall–Kier alpha value is -1.72. The number of carbonyl (C=O) groups is 1. The monoisotopic (exact) mass is 173 g/mol. The van der Waals surface area contributed by atoms with Gasteiger partial charge in [-0.3, -0.25) is 5.32 Å². The summed E-state index contributed by atoms with van der Waals surface area (Å²) in [6, 6.07) is 0. The number of nitrogens with one attached hydrogen (secondary N) is 1. The van der Waals surface area contributed by atoms with Gasteiger partial charge in [0.25, 0.3) is 0 Å². The molecule has 1 heterocycles. The van der Waals surface area contributed by atoms with Crippen molar-refractivity contribution in [3.63, 3.8) is 0 Å². The Balaban J connectivity index is 2.82. The van der Waals surface area contributed by atoms with Crippen molar-refractivity contribution in [3.8, 4) is 0 Å². The molecular formula is C6H7NO5. The average molecular weight is 173 g/mol. The highest BCUT2D eigenvalue weighted by atomic mass is 16.6. The molecule has 0 saturated heterocycles. The van der Waals surface area contributed by atoms with E-state index in [1.54, 1.807) is 0 Å². The fraction of sp³-hybridized carbons (Fsp3) is 0.333. The van der Waals surface area contributed by atoms with Crippen LogP contribution in [0.2, 0.25) is 0 Å². The highest BCUT2D eigenvalue weighted by Gasteiger charge is 2.10. The molecule has 0 unspecified atom stereocenters. The minimum atomic E-state index is -0.862. The molecule has 1 aromatic heterocycles. The van der Waals surface area contributed by atoms with E-state index < -0.39 is 11.9 Å². The van der Waals surface area contributed by atoms with Crippen LogP contribution < -0.4 is 11.1 Å². The molecule has 1 aromatic rings. The van der Waals surface area contributed by atoms with Crippen molar-refractivity contribution in [3.05, 3.63) is 16.4 Å². The number of amides is 1. The molecule has 66 valence electrons. The van der Waals surface area contributed by atoms with Gasteiger partial charge in [-0.25, -0.2) is 9.59 Å². The summed E-state index contributed by atoms with van der Waals surface area (Å²) in [4.78, 5) is 21.1. The first-order valence-corrected chi connectivity index (χ1v) is 3.09. The summed E-state index contributed by atoms with van der Waals surface area (Å²) in [6.45, 7) is 1.48. The highest BCUT2D eigenvalue weighted by Crippen LogP contribution is 2.10. The molecule has 1 amide bonds. The number of rotatable bonds is 1. The molecule has 0 spiro atoms. The Morgan fingerprint density at radius 2 is 2.17 bits per heavy atom. The third-order valence-electron chi connectivity index (χ3n) is 1.14. The summed E-state index contributed by atoms with van der Waals surface area (Å²) in [7, 11) is 1.20. The summed E-state index contributed by atoms with van der Waals surface area (Å²) in [5.74, 6) is -0.698. The van der Waals surface area contributed by atoms with Gasteiger partial charge in [0.1, 0.15) is 0 Å². The fourth-order valence-electron chi connectivity index (χ4n) is 0.605. The van der Waals surface area contributed by atoms with Gasteiger partial charge in [-0.15, -0.1) is 0 Å². The number of anilines is 1. The molecule has 0 radical (unpaired) electrons. The number of carbonyl (C=O) groups excluding carboxylic acids is 1. The predicted octanol–water partition coefficient (Wildman–Crippen LogP) is 0.720. The van der Waals surface area contributed by atoms with Crippen LogP contribution in [0.25, 0.3) is 0 Å². The molecule has 0 aliphatic rings. The molecule has 6 heteroatoms. The van der Waals surface area contributed by atoms with Gasteiger partial charge >= 0.3 is 11.9 Å². The quantitative estimate of drug-likeness (QED) is 0.676. The van der Waals surface area contributed by atoms with Crippen molar-refractivity contribution < 1.29 is 18.4 Å². The lowest BCUT2D eigenvalue weighted by Crippen LogP contribution is -2.11. The lowest BCUT2D eigenvalue weighted by molar-refractivity contribution is 0.186. The summed E-state index contributed by atoms with van der Waals surface area (Å²) in [6.07, 6.45) is -0.720. The maximum Gasteiger partial charge on any atom is 0.520 e. The van der Waals surface area contributed by atoms with E-state index in [1.807, 2.05) is 0 Å². The zero-order valence-corrected chi connectivity index (χ0v) is 6.54. The van der Waals surface area contributed by atoms with Gasteiger partial charge in [0.05, 0.1) is 7.11 Å². The highest BCUT2D eigenvalue weighted by molar-refractivity contribution is 5.82. The second kappa shape index (κ2) is 3.12. The van der Waals surface area contributed by atoms with E-state index in [0.717, 1.165) is 0 Å². The molecule has 6 nitrogen and oxygen atoms in total. The molecule has 1 rings (SSSR count). The molecular weight excluding hydrogens is 166 g/mol. The first-order chi connectivity index (χ1) is 5.63. The van der Waals surface area contributed by atoms with E-state index in [1.165, 1.54) is 14.0 Å². The standard InChI is InChI=1S/C6H7NO5/c1-3-4(7-5(8)10-2)12-6(9)11-3/h1-2H3,(H,7,8). The number of methoxy groups -OCH3 is 1. The molecule has 0 fully saturated rings. The van der Waals surface area contributed by atoms with E-state index >= 15 is 0 Å². The first-order valence-electron chi connectivity index (χ1n) is 3.09. The van der Waals surface area contributed by atoms with Crippen molar-refractivity contribution >= 4 is 12.0 Å². The Kier molecular flexibility index (Phi) is 2.18. The minimum absolute atomic E-state index is 0.0353. The van der Waals surface area contributed by atoms with Crippen LogP contribution in [0.5, 0.6) is 0 Å². The summed E-state index contributed by atoms with van der Waals surface area (Å²) >= 11 is 0. The van der Waals surface area contributed by atoms with Gasteiger partial charge < -0.3 is 13.6 Å². The summed E-state index contributed by atoms with van der Waals surface area (Å²) in [5.41, 5.74) is 0. The van der Waals surface area contributed by atoms with E-state index in [2.05, 4.69) is 18.9 Å². The summed E-state index contributed by atoms with van der Waals surface area (Å²) < 4.78 is 13.2. The van der Waals surface area contributed by atoms with Crippen LogP contribution in [0.15, 0.2) is 13.6 Å². The molecule has 0 aromatic carbocycles. The maximum absolute atomic E-state index is 10.6. The minimum Gasteiger partial charge on any atom is -0.453 e. The molecule has 0 bridgehead atoms. The van der Waals surface area contributed by atoms with Crippen molar-refractivity contribution in [2.45, 2.75) is 6.92 Å². The second-order valence-corrected chi connectivity index (χ2v) is 1.96. The van der Waals surface area contributed by atoms with Crippen LogP contribution in [0.3, 0.4) is 0 Å². The SMILES string of the molecule is COC(=O)Nc1oc(=O)oc1C. The number of hydrogen-bond acceptors (Lipinski definition) is 5. The second-order valence-electron chi connectivity index (χ2n) is 1.96. The molecule has 0 saturated carbocycles. The van der Waals surface area contributed by atoms with Crippen molar-refractivity contribution in [1.29, 1.82) is 0 Å². The Morgan fingerprint density at radius 1 is 1.50 bits per heavy atom. The molecule has 1 N–H and O–H groups in total. The van der Waals surface area contributed by atoms with Crippen LogP contribution in [-0.2, 0) is 4.74 Å². The zero-order valence-electron chi connectivity index (χ0n) is 6.54. The van der Waals surface area contributed by atoms with Crippen LogP contribution in [0, 0.1) is 6.92 Å². The van der Waals surface area contributed by atoms with Gasteiger partial charge in [-0.1, -0.05) is 0 Å². The lowest BCUT2D eigenvalue weighted by Gasteiger charge is -1.97. The smallest absolute Gasteiger partial charge is 0.453 e. The van der Waals surface area contributed by atoms with Gasteiger partial charge in [-0.2, -0.15) is 0 Å². The van der Waals surface area contributed by atoms with Crippen LogP contribution in [0.1, 0.15) is 5.76 Å². The van der Waals surface area contributed by atoms with Gasteiger partial charge in [0, 0.05) is 0 Å². The topological polar surface area (TPSA) is 81.7 Å². The third kappa shape index (κ3) is 1.66. The largest absolute Gasteiger partial charge is 0.520 e. The third-order valence-corrected chi connectivity index (χ3v) is 1.14. The van der Waals surface area contributed by atoms with Gasteiger partial charge in [-0.05, 0) is 6.92 Å². The van der Waals surface area contributed by atoms with Crippen molar-refractivity contribution in [1.82, 2.24) is 0 Å². The Labute approximate surface area is 67.1 Å². The molecule has 0 aliphatic heterocycles. The molecule has 0 aliphatic carbocycles. The van der Waals surface area contributed by atoms with Crippen molar-refractivity contribution in [2.75, 3.05) is 12.4 Å². The number of ether oxygens (including phenoxy) is 1. The van der Waals surface area contributed by atoms with E-state index in [-0.39, 0.29) is 11.6 Å². The zero-order chi connectivity index (χ0) is 9.14. The van der Waals surface area contributed by atoms with E-state index in [9.17, 15) is 9.59 Å². The van der Waals surface area contributed by atoms with E-state index in [0.29, 0.717) is 0 Å². The van der Waals surface area contributed by atoms with Crippen LogP contribution >= 0.6 is 0 Å². The van der Waals surface area contributed by atoms with E-state index in [4.69, 9.17) is 0 Å². The van der Waals surface area contributed by atoms with Crippen LogP contribution in [-0.4, -0.2) is 13.2 Å². The normalized spacial score (nSPS) is 9.50. The molecule has 0 atom stereocenters. The molecule has 12 heavy (non-hydrogen) atoms. The lowest BCUT2D eigenvalue weighted by atomic mass is 10.5. The maximum atomic E-state index is 10.6. The Bertz CT molecular complexity index is 336. The van der Waals surface area contributed by atoms with Crippen LogP contribution in [0.4, 0.5) is 10.7 Å². The first kappa shape index (κ1) is 8.38. The average Bonchev–Trinajstić information content (AvgIpc) is 2.30. The fourth-order valence-corrected chi connectivity index (χ4v) is 0.605. The van der Waals surface area contributed by atoms with Crippen molar-refractivity contribution in [2.24, 2.45) is 0 Å². The van der Waals surface area contributed by atoms with Gasteiger partial charge in [0.15, 0.2) is 5.76 Å². The van der Waals surface area contributed by atoms with Gasteiger partial charge in [0.2, 0.25) is 5.88 Å². The number of hydrogen-bond donors (Lipinski definition) is 1.